The molecule has 0 unspecified atom stereocenters. The van der Waals surface area contributed by atoms with Gasteiger partial charge in [0.25, 0.3) is 0 Å². The van der Waals surface area contributed by atoms with Gasteiger partial charge in [-0.05, 0) is 29.3 Å². The summed E-state index contributed by atoms with van der Waals surface area (Å²) in [5.74, 6) is 0.0655. The van der Waals surface area contributed by atoms with Crippen molar-refractivity contribution < 1.29 is 19.1 Å². The summed E-state index contributed by atoms with van der Waals surface area (Å²) in [5.41, 5.74) is 9.27. The molecule has 7 nitrogen and oxygen atoms in total. The number of hydrogen-bond donors (Lipinski definition) is 2. The first kappa shape index (κ1) is 17.9. The number of ether oxygens (including phenoxy) is 2. The highest BCUT2D eigenvalue weighted by Crippen LogP contribution is 2.43. The fourth-order valence-corrected chi connectivity index (χ4v) is 4.46. The van der Waals surface area contributed by atoms with E-state index in [0.29, 0.717) is 17.9 Å². The molecule has 3 heterocycles. The Morgan fingerprint density at radius 3 is 2.76 bits per heavy atom. The lowest BCUT2D eigenvalue weighted by atomic mass is 9.87. The van der Waals surface area contributed by atoms with E-state index in [1.165, 1.54) is 4.90 Å². The third kappa shape index (κ3) is 2.73. The molecule has 0 radical (unpaired) electrons. The maximum atomic E-state index is 12.8. The second kappa shape index (κ2) is 6.70. The molecule has 148 valence electrons. The van der Waals surface area contributed by atoms with Gasteiger partial charge in [-0.15, -0.1) is 11.6 Å². The highest BCUT2D eigenvalue weighted by Gasteiger charge is 2.42. The van der Waals surface area contributed by atoms with E-state index in [4.69, 9.17) is 26.8 Å². The van der Waals surface area contributed by atoms with Crippen LogP contribution in [-0.2, 0) is 16.0 Å². The van der Waals surface area contributed by atoms with Crippen molar-refractivity contribution in [1.82, 2.24) is 9.88 Å². The predicted molar refractivity (Wildman–Crippen MR) is 107 cm³/mol. The number of halogens is 1. The number of aromatic nitrogens is 1. The van der Waals surface area contributed by atoms with Crippen molar-refractivity contribution in [2.75, 3.05) is 12.7 Å². The molecule has 0 aliphatic carbocycles. The number of nitrogens with zero attached hydrogens (tertiary/aromatic N) is 1. The quantitative estimate of drug-likeness (QED) is 0.647. The summed E-state index contributed by atoms with van der Waals surface area (Å²) < 4.78 is 10.9. The standard InChI is InChI=1S/C21H18ClN3O4/c22-9-18(26)25-15(21(23)27)8-13-12-3-1-2-4-14(12)24-19(13)20(25)11-5-6-16-17(7-11)29-10-28-16/h1-7,15,20,24H,8-10H2,(H2,23,27)/t15-,20-/m1/s1. The van der Waals surface area contributed by atoms with Gasteiger partial charge in [0.2, 0.25) is 18.6 Å². The lowest BCUT2D eigenvalue weighted by molar-refractivity contribution is -0.140. The van der Waals surface area contributed by atoms with Crippen LogP contribution in [0.4, 0.5) is 0 Å². The van der Waals surface area contributed by atoms with Crippen LogP contribution in [0.25, 0.3) is 10.9 Å². The lowest BCUT2D eigenvalue weighted by Crippen LogP contribution is -2.54. The molecule has 2 atom stereocenters. The van der Waals surface area contributed by atoms with Crippen molar-refractivity contribution in [3.8, 4) is 11.5 Å². The number of hydrogen-bond acceptors (Lipinski definition) is 4. The van der Waals surface area contributed by atoms with Crippen LogP contribution in [0, 0.1) is 0 Å². The Hall–Kier alpha value is -3.19. The molecule has 2 aromatic carbocycles. The highest BCUT2D eigenvalue weighted by atomic mass is 35.5. The van der Waals surface area contributed by atoms with E-state index in [0.717, 1.165) is 27.7 Å². The number of H-pyrrole nitrogens is 1. The molecular weight excluding hydrogens is 394 g/mol. The normalized spacial score (nSPS) is 20.0. The van der Waals surface area contributed by atoms with Crippen molar-refractivity contribution in [2.24, 2.45) is 5.73 Å². The van der Waals surface area contributed by atoms with E-state index in [1.807, 2.05) is 36.4 Å². The molecule has 0 fully saturated rings. The topological polar surface area (TPSA) is 97.7 Å². The minimum atomic E-state index is -0.802. The van der Waals surface area contributed by atoms with Crippen molar-refractivity contribution >= 4 is 34.3 Å². The SMILES string of the molecule is NC(=O)[C@H]1Cc2c([nH]c3ccccc23)[C@@H](c2ccc3c(c2)OCO3)N1C(=O)CCl. The second-order valence-corrected chi connectivity index (χ2v) is 7.40. The molecule has 0 saturated carbocycles. The first-order chi connectivity index (χ1) is 14.1. The van der Waals surface area contributed by atoms with Crippen LogP contribution < -0.4 is 15.2 Å². The molecule has 8 heteroatoms. The maximum Gasteiger partial charge on any atom is 0.240 e. The summed E-state index contributed by atoms with van der Waals surface area (Å²) >= 11 is 5.91. The van der Waals surface area contributed by atoms with Gasteiger partial charge in [0.15, 0.2) is 11.5 Å². The van der Waals surface area contributed by atoms with Crippen molar-refractivity contribution in [3.05, 3.63) is 59.3 Å². The summed E-state index contributed by atoms with van der Waals surface area (Å²) in [6.45, 7) is 0.148. The number of primary amides is 1. The van der Waals surface area contributed by atoms with E-state index < -0.39 is 18.0 Å². The van der Waals surface area contributed by atoms with Crippen LogP contribution >= 0.6 is 11.6 Å². The third-order valence-corrected chi connectivity index (χ3v) is 5.80. The van der Waals surface area contributed by atoms with E-state index in [9.17, 15) is 9.59 Å². The Balaban J connectivity index is 1.75. The van der Waals surface area contributed by atoms with Gasteiger partial charge in [-0.1, -0.05) is 24.3 Å². The van der Waals surface area contributed by atoms with Crippen molar-refractivity contribution in [1.29, 1.82) is 0 Å². The zero-order valence-corrected chi connectivity index (χ0v) is 16.1. The molecule has 0 spiro atoms. The van der Waals surface area contributed by atoms with Crippen LogP contribution in [0.3, 0.4) is 0 Å². The molecule has 2 aliphatic rings. The number of aromatic amines is 1. The molecular formula is C21H18ClN3O4. The summed E-state index contributed by atoms with van der Waals surface area (Å²) in [7, 11) is 0. The van der Waals surface area contributed by atoms with Crippen LogP contribution in [0.5, 0.6) is 11.5 Å². The minimum Gasteiger partial charge on any atom is -0.454 e. The Morgan fingerprint density at radius 1 is 1.17 bits per heavy atom. The zero-order valence-electron chi connectivity index (χ0n) is 15.4. The molecule has 1 aromatic heterocycles. The van der Waals surface area contributed by atoms with Gasteiger partial charge in [0, 0.05) is 23.0 Å². The zero-order chi connectivity index (χ0) is 20.1. The Morgan fingerprint density at radius 2 is 1.97 bits per heavy atom. The molecule has 3 aromatic rings. The van der Waals surface area contributed by atoms with Crippen LogP contribution in [-0.4, -0.2) is 40.4 Å². The number of fused-ring (bicyclic) bond motifs is 4. The lowest BCUT2D eigenvalue weighted by Gasteiger charge is -2.40. The summed E-state index contributed by atoms with van der Waals surface area (Å²) in [5, 5.41) is 1.01. The summed E-state index contributed by atoms with van der Waals surface area (Å²) in [4.78, 5) is 30.1. The van der Waals surface area contributed by atoms with Crippen LogP contribution in [0.15, 0.2) is 42.5 Å². The monoisotopic (exact) mass is 411 g/mol. The highest BCUT2D eigenvalue weighted by molar-refractivity contribution is 6.27. The van der Waals surface area contributed by atoms with E-state index in [1.54, 1.807) is 6.07 Å². The number of carbonyl (C=O) groups excluding carboxylic acids is 2. The molecule has 2 aliphatic heterocycles. The van der Waals surface area contributed by atoms with E-state index >= 15 is 0 Å². The second-order valence-electron chi connectivity index (χ2n) is 7.13. The third-order valence-electron chi connectivity index (χ3n) is 5.57. The Kier molecular flexibility index (Phi) is 4.13. The van der Waals surface area contributed by atoms with Crippen molar-refractivity contribution in [2.45, 2.75) is 18.5 Å². The first-order valence-electron chi connectivity index (χ1n) is 9.24. The minimum absolute atomic E-state index is 0.148. The van der Waals surface area contributed by atoms with E-state index in [-0.39, 0.29) is 18.6 Å². The molecule has 0 saturated heterocycles. The fourth-order valence-electron chi connectivity index (χ4n) is 4.32. The van der Waals surface area contributed by atoms with Gasteiger partial charge in [-0.2, -0.15) is 0 Å². The number of carbonyl (C=O) groups is 2. The fraction of sp³-hybridized carbons (Fsp3) is 0.238. The largest absolute Gasteiger partial charge is 0.454 e. The predicted octanol–water partition coefficient (Wildman–Crippen LogP) is 2.46. The van der Waals surface area contributed by atoms with Crippen LogP contribution in [0.2, 0.25) is 0 Å². The number of benzene rings is 2. The number of nitrogens with one attached hydrogen (secondary N) is 1. The smallest absolute Gasteiger partial charge is 0.240 e. The van der Waals surface area contributed by atoms with Gasteiger partial charge in [-0.25, -0.2) is 0 Å². The molecule has 0 bridgehead atoms. The van der Waals surface area contributed by atoms with Gasteiger partial charge >= 0.3 is 0 Å². The molecule has 3 N–H and O–H groups in total. The molecule has 2 amide bonds. The Bertz CT molecular complexity index is 1140. The number of para-hydroxylation sites is 1. The number of nitrogens with two attached hydrogens (primary N) is 1. The molecule has 5 rings (SSSR count). The van der Waals surface area contributed by atoms with E-state index in [2.05, 4.69) is 4.98 Å². The number of alkyl halides is 1. The van der Waals surface area contributed by atoms with Gasteiger partial charge in [0.1, 0.15) is 11.9 Å². The van der Waals surface area contributed by atoms with Gasteiger partial charge in [-0.3, -0.25) is 9.59 Å². The summed E-state index contributed by atoms with van der Waals surface area (Å²) in [6.07, 6.45) is 0.332. The average molecular weight is 412 g/mol. The van der Waals surface area contributed by atoms with Crippen molar-refractivity contribution in [3.63, 3.8) is 0 Å². The van der Waals surface area contributed by atoms with Gasteiger partial charge < -0.3 is 25.1 Å². The number of amides is 2. The average Bonchev–Trinajstić information content (AvgIpc) is 3.35. The molecule has 29 heavy (non-hydrogen) atoms. The van der Waals surface area contributed by atoms with Gasteiger partial charge in [0.05, 0.1) is 6.04 Å². The first-order valence-corrected chi connectivity index (χ1v) is 9.77. The van der Waals surface area contributed by atoms with Crippen LogP contribution in [0.1, 0.15) is 22.9 Å². The maximum absolute atomic E-state index is 12.8. The Labute approximate surface area is 171 Å². The number of rotatable bonds is 3. The summed E-state index contributed by atoms with van der Waals surface area (Å²) in [6, 6.07) is 12.0.